The van der Waals surface area contributed by atoms with Crippen molar-refractivity contribution in [2.45, 2.75) is 39.3 Å². The zero-order valence-electron chi connectivity index (χ0n) is 12.7. The molecular weight excluding hydrogens is 301 g/mol. The predicted molar refractivity (Wildman–Crippen MR) is 92.2 cm³/mol. The van der Waals surface area contributed by atoms with Crippen LogP contribution in [0.2, 0.25) is 10.0 Å². The SMILES string of the molecule is CCC(NC(C)c1cccc(Cl)c1Cl)c1ccc(C)cc1. The highest BCUT2D eigenvalue weighted by Crippen LogP contribution is 2.31. The van der Waals surface area contributed by atoms with E-state index in [0.717, 1.165) is 12.0 Å². The quantitative estimate of drug-likeness (QED) is 0.701. The van der Waals surface area contributed by atoms with E-state index in [1.54, 1.807) is 0 Å². The van der Waals surface area contributed by atoms with Gasteiger partial charge in [-0.15, -0.1) is 0 Å². The molecule has 0 saturated heterocycles. The molecule has 0 amide bonds. The number of hydrogen-bond donors (Lipinski definition) is 1. The van der Waals surface area contributed by atoms with E-state index < -0.39 is 0 Å². The van der Waals surface area contributed by atoms with E-state index in [1.807, 2.05) is 18.2 Å². The molecule has 2 rings (SSSR count). The minimum Gasteiger partial charge on any atom is -0.303 e. The Kier molecular flexibility index (Phi) is 5.69. The summed E-state index contributed by atoms with van der Waals surface area (Å²) in [5.41, 5.74) is 3.61. The Balaban J connectivity index is 2.18. The minimum absolute atomic E-state index is 0.141. The van der Waals surface area contributed by atoms with Crippen molar-refractivity contribution in [2.75, 3.05) is 0 Å². The molecule has 2 unspecified atom stereocenters. The zero-order valence-corrected chi connectivity index (χ0v) is 14.2. The molecule has 2 aromatic rings. The Bertz CT molecular complexity index is 593. The van der Waals surface area contributed by atoms with Crippen LogP contribution in [-0.2, 0) is 0 Å². The van der Waals surface area contributed by atoms with Gasteiger partial charge in [0.25, 0.3) is 0 Å². The fourth-order valence-corrected chi connectivity index (χ4v) is 2.97. The molecule has 0 heterocycles. The fraction of sp³-hybridized carbons (Fsp3) is 0.333. The highest BCUT2D eigenvalue weighted by molar-refractivity contribution is 6.42. The normalized spacial score (nSPS) is 14.0. The van der Waals surface area contributed by atoms with Crippen molar-refractivity contribution in [3.8, 4) is 0 Å². The van der Waals surface area contributed by atoms with Gasteiger partial charge in [-0.2, -0.15) is 0 Å². The average molecular weight is 322 g/mol. The maximum absolute atomic E-state index is 6.31. The second-order valence-corrected chi connectivity index (χ2v) is 6.19. The molecule has 1 N–H and O–H groups in total. The summed E-state index contributed by atoms with van der Waals surface area (Å²) in [4.78, 5) is 0. The van der Waals surface area contributed by atoms with Crippen molar-refractivity contribution in [3.63, 3.8) is 0 Å². The molecule has 112 valence electrons. The third kappa shape index (κ3) is 4.00. The standard InChI is InChI=1S/C18H21Cl2N/c1-4-17(14-10-8-12(2)9-11-14)21-13(3)15-6-5-7-16(19)18(15)20/h5-11,13,17,21H,4H2,1-3H3. The van der Waals surface area contributed by atoms with Gasteiger partial charge in [-0.25, -0.2) is 0 Å². The molecule has 1 nitrogen and oxygen atoms in total. The van der Waals surface area contributed by atoms with Crippen molar-refractivity contribution < 1.29 is 0 Å². The van der Waals surface area contributed by atoms with Crippen molar-refractivity contribution in [1.82, 2.24) is 5.32 Å². The molecule has 0 bridgehead atoms. The second kappa shape index (κ2) is 7.31. The molecule has 2 atom stereocenters. The molecule has 0 aliphatic carbocycles. The van der Waals surface area contributed by atoms with Crippen LogP contribution in [0.25, 0.3) is 0 Å². The lowest BCUT2D eigenvalue weighted by Gasteiger charge is -2.24. The molecule has 0 spiro atoms. The van der Waals surface area contributed by atoms with Crippen LogP contribution in [-0.4, -0.2) is 0 Å². The average Bonchev–Trinajstić information content (AvgIpc) is 2.48. The van der Waals surface area contributed by atoms with E-state index in [2.05, 4.69) is 50.4 Å². The molecule has 21 heavy (non-hydrogen) atoms. The van der Waals surface area contributed by atoms with Crippen LogP contribution in [0.1, 0.15) is 49.0 Å². The highest BCUT2D eigenvalue weighted by atomic mass is 35.5. The summed E-state index contributed by atoms with van der Waals surface area (Å²) in [7, 11) is 0. The summed E-state index contributed by atoms with van der Waals surface area (Å²) in [5.74, 6) is 0. The number of halogens is 2. The van der Waals surface area contributed by atoms with Gasteiger partial charge < -0.3 is 5.32 Å². The summed E-state index contributed by atoms with van der Waals surface area (Å²) in [6, 6.07) is 14.9. The summed E-state index contributed by atoms with van der Waals surface area (Å²) in [6.45, 7) is 6.41. The lowest BCUT2D eigenvalue weighted by Crippen LogP contribution is -2.24. The molecular formula is C18H21Cl2N. The first kappa shape index (κ1) is 16.4. The van der Waals surface area contributed by atoms with Crippen molar-refractivity contribution in [1.29, 1.82) is 0 Å². The van der Waals surface area contributed by atoms with Gasteiger partial charge in [-0.05, 0) is 37.5 Å². The zero-order chi connectivity index (χ0) is 15.4. The molecule has 0 radical (unpaired) electrons. The van der Waals surface area contributed by atoms with Gasteiger partial charge >= 0.3 is 0 Å². The molecule has 0 aromatic heterocycles. The van der Waals surface area contributed by atoms with Crippen molar-refractivity contribution in [3.05, 3.63) is 69.2 Å². The number of hydrogen-bond acceptors (Lipinski definition) is 1. The third-order valence-electron chi connectivity index (χ3n) is 3.79. The predicted octanol–water partition coefficient (Wildman–Crippen LogP) is 6.10. The van der Waals surface area contributed by atoms with E-state index in [4.69, 9.17) is 23.2 Å². The van der Waals surface area contributed by atoms with Crippen LogP contribution in [0.3, 0.4) is 0 Å². The molecule has 0 fully saturated rings. The Hall–Kier alpha value is -1.02. The van der Waals surface area contributed by atoms with Crippen LogP contribution in [0.15, 0.2) is 42.5 Å². The number of rotatable bonds is 5. The smallest absolute Gasteiger partial charge is 0.0639 e. The van der Waals surface area contributed by atoms with Crippen molar-refractivity contribution >= 4 is 23.2 Å². The van der Waals surface area contributed by atoms with Gasteiger partial charge in [0.1, 0.15) is 0 Å². The van der Waals surface area contributed by atoms with E-state index in [-0.39, 0.29) is 6.04 Å². The maximum atomic E-state index is 6.31. The van der Waals surface area contributed by atoms with Gasteiger partial charge in [0.15, 0.2) is 0 Å². The molecule has 0 aliphatic rings. The van der Waals surface area contributed by atoms with Gasteiger partial charge in [-0.1, -0.05) is 72.1 Å². The van der Waals surface area contributed by atoms with Gasteiger partial charge in [0.05, 0.1) is 10.0 Å². The Labute approximate surface area is 137 Å². The highest BCUT2D eigenvalue weighted by Gasteiger charge is 2.16. The minimum atomic E-state index is 0.141. The van der Waals surface area contributed by atoms with Crippen LogP contribution < -0.4 is 5.32 Å². The summed E-state index contributed by atoms with van der Waals surface area (Å²) < 4.78 is 0. The van der Waals surface area contributed by atoms with Gasteiger partial charge in [0, 0.05) is 12.1 Å². The lowest BCUT2D eigenvalue weighted by molar-refractivity contribution is 0.456. The Morgan fingerprint density at radius 1 is 1.05 bits per heavy atom. The topological polar surface area (TPSA) is 12.0 Å². The molecule has 2 aromatic carbocycles. The summed E-state index contributed by atoms with van der Waals surface area (Å²) in [5, 5.41) is 4.88. The molecule has 0 aliphatic heterocycles. The molecule has 0 saturated carbocycles. The van der Waals surface area contributed by atoms with E-state index in [9.17, 15) is 0 Å². The van der Waals surface area contributed by atoms with Gasteiger partial charge in [-0.3, -0.25) is 0 Å². The number of benzene rings is 2. The Morgan fingerprint density at radius 2 is 1.71 bits per heavy atom. The summed E-state index contributed by atoms with van der Waals surface area (Å²) >= 11 is 12.4. The monoisotopic (exact) mass is 321 g/mol. The van der Waals surface area contributed by atoms with E-state index in [1.165, 1.54) is 11.1 Å². The Morgan fingerprint density at radius 3 is 2.33 bits per heavy atom. The van der Waals surface area contributed by atoms with Crippen LogP contribution >= 0.6 is 23.2 Å². The van der Waals surface area contributed by atoms with Crippen LogP contribution in [0.4, 0.5) is 0 Å². The first-order valence-electron chi connectivity index (χ1n) is 7.29. The number of nitrogens with one attached hydrogen (secondary N) is 1. The third-order valence-corrected chi connectivity index (χ3v) is 4.62. The van der Waals surface area contributed by atoms with Gasteiger partial charge in [0.2, 0.25) is 0 Å². The first-order chi connectivity index (χ1) is 10.0. The first-order valence-corrected chi connectivity index (χ1v) is 8.05. The lowest BCUT2D eigenvalue weighted by atomic mass is 10.0. The van der Waals surface area contributed by atoms with E-state index >= 15 is 0 Å². The number of aryl methyl sites for hydroxylation is 1. The fourth-order valence-electron chi connectivity index (χ4n) is 2.49. The second-order valence-electron chi connectivity index (χ2n) is 5.40. The summed E-state index contributed by atoms with van der Waals surface area (Å²) in [6.07, 6.45) is 1.02. The largest absolute Gasteiger partial charge is 0.303 e. The van der Waals surface area contributed by atoms with Crippen molar-refractivity contribution in [2.24, 2.45) is 0 Å². The molecule has 3 heteroatoms. The van der Waals surface area contributed by atoms with Crippen LogP contribution in [0, 0.1) is 6.92 Å². The maximum Gasteiger partial charge on any atom is 0.0639 e. The van der Waals surface area contributed by atoms with Crippen LogP contribution in [0.5, 0.6) is 0 Å². The van der Waals surface area contributed by atoms with E-state index in [0.29, 0.717) is 16.1 Å².